The third-order valence-electron chi connectivity index (χ3n) is 3.33. The Labute approximate surface area is 143 Å². The Morgan fingerprint density at radius 1 is 1.17 bits per heavy atom. The SMILES string of the molecule is Cc1ccc(-c2nnc(CCC(=O)Nc3ccc(Cl)cn3)o2)cc1. The van der Waals surface area contributed by atoms with Gasteiger partial charge in [-0.1, -0.05) is 29.3 Å². The van der Waals surface area contributed by atoms with Crippen LogP contribution in [0.1, 0.15) is 17.9 Å². The second kappa shape index (κ2) is 7.23. The molecule has 0 aliphatic heterocycles. The standard InChI is InChI=1S/C17H15ClN4O2/c1-11-2-4-12(5-3-11)17-22-21-16(24-17)9-8-15(23)20-14-7-6-13(18)10-19-14/h2-7,10H,8-9H2,1H3,(H,19,20,23). The number of carbonyl (C=O) groups excluding carboxylic acids is 1. The fourth-order valence-electron chi connectivity index (χ4n) is 2.04. The number of hydrogen-bond donors (Lipinski definition) is 1. The van der Waals surface area contributed by atoms with Crippen molar-refractivity contribution in [2.45, 2.75) is 19.8 Å². The van der Waals surface area contributed by atoms with Crippen LogP contribution in [0.5, 0.6) is 0 Å². The molecule has 0 unspecified atom stereocenters. The molecule has 0 radical (unpaired) electrons. The van der Waals surface area contributed by atoms with Crippen LogP contribution in [0.4, 0.5) is 5.82 Å². The van der Waals surface area contributed by atoms with Gasteiger partial charge in [0.1, 0.15) is 5.82 Å². The van der Waals surface area contributed by atoms with E-state index >= 15 is 0 Å². The van der Waals surface area contributed by atoms with Gasteiger partial charge in [-0.15, -0.1) is 10.2 Å². The average Bonchev–Trinajstić information content (AvgIpc) is 3.05. The smallest absolute Gasteiger partial charge is 0.247 e. The van der Waals surface area contributed by atoms with E-state index in [9.17, 15) is 4.79 Å². The Bertz CT molecular complexity index is 829. The Balaban J connectivity index is 1.56. The molecule has 1 amide bonds. The first-order valence-corrected chi connectivity index (χ1v) is 7.79. The number of rotatable bonds is 5. The highest BCUT2D eigenvalue weighted by atomic mass is 35.5. The van der Waals surface area contributed by atoms with Crippen molar-refractivity contribution in [2.75, 3.05) is 5.32 Å². The minimum absolute atomic E-state index is 0.181. The van der Waals surface area contributed by atoms with Gasteiger partial charge < -0.3 is 9.73 Å². The maximum Gasteiger partial charge on any atom is 0.247 e. The number of halogens is 1. The van der Waals surface area contributed by atoms with Crippen LogP contribution in [0.15, 0.2) is 47.0 Å². The van der Waals surface area contributed by atoms with Crippen LogP contribution in [0, 0.1) is 6.92 Å². The van der Waals surface area contributed by atoms with Crippen molar-refractivity contribution in [2.24, 2.45) is 0 Å². The van der Waals surface area contributed by atoms with E-state index in [0.717, 1.165) is 11.1 Å². The van der Waals surface area contributed by atoms with Crippen molar-refractivity contribution < 1.29 is 9.21 Å². The van der Waals surface area contributed by atoms with Gasteiger partial charge >= 0.3 is 0 Å². The molecule has 7 heteroatoms. The maximum absolute atomic E-state index is 11.9. The summed E-state index contributed by atoms with van der Waals surface area (Å²) in [6.07, 6.45) is 2.06. The van der Waals surface area contributed by atoms with Crippen LogP contribution >= 0.6 is 11.6 Å². The summed E-state index contributed by atoms with van der Waals surface area (Å²) in [6, 6.07) is 11.1. The van der Waals surface area contributed by atoms with E-state index < -0.39 is 0 Å². The summed E-state index contributed by atoms with van der Waals surface area (Å²) in [5.74, 6) is 1.14. The van der Waals surface area contributed by atoms with Crippen molar-refractivity contribution in [3.63, 3.8) is 0 Å². The number of pyridine rings is 1. The zero-order valence-electron chi connectivity index (χ0n) is 13.0. The number of aromatic nitrogens is 3. The Morgan fingerprint density at radius 2 is 1.96 bits per heavy atom. The van der Waals surface area contributed by atoms with Gasteiger partial charge in [0.15, 0.2) is 0 Å². The molecule has 0 spiro atoms. The third-order valence-corrected chi connectivity index (χ3v) is 3.55. The molecule has 0 saturated carbocycles. The van der Waals surface area contributed by atoms with Crippen LogP contribution in [-0.4, -0.2) is 21.1 Å². The fourth-order valence-corrected chi connectivity index (χ4v) is 2.15. The van der Waals surface area contributed by atoms with E-state index in [1.807, 2.05) is 31.2 Å². The van der Waals surface area contributed by atoms with E-state index in [1.165, 1.54) is 6.20 Å². The highest BCUT2D eigenvalue weighted by molar-refractivity contribution is 6.30. The Hall–Kier alpha value is -2.73. The molecule has 2 aromatic heterocycles. The largest absolute Gasteiger partial charge is 0.421 e. The molecule has 1 aromatic carbocycles. The number of carbonyl (C=O) groups is 1. The summed E-state index contributed by atoms with van der Waals surface area (Å²) >= 11 is 5.75. The number of hydrogen-bond acceptors (Lipinski definition) is 5. The predicted molar refractivity (Wildman–Crippen MR) is 90.7 cm³/mol. The summed E-state index contributed by atoms with van der Waals surface area (Å²) in [7, 11) is 0. The maximum atomic E-state index is 11.9. The summed E-state index contributed by atoms with van der Waals surface area (Å²) in [5.41, 5.74) is 2.01. The van der Waals surface area contributed by atoms with Crippen LogP contribution in [-0.2, 0) is 11.2 Å². The van der Waals surface area contributed by atoms with Crippen molar-refractivity contribution in [3.05, 3.63) is 59.1 Å². The first-order valence-electron chi connectivity index (χ1n) is 7.41. The lowest BCUT2D eigenvalue weighted by Crippen LogP contribution is -2.13. The molecule has 0 aliphatic rings. The van der Waals surface area contributed by atoms with Crippen LogP contribution in [0.25, 0.3) is 11.5 Å². The van der Waals surface area contributed by atoms with Gasteiger partial charge in [0.2, 0.25) is 17.7 Å². The van der Waals surface area contributed by atoms with Crippen molar-refractivity contribution in [1.82, 2.24) is 15.2 Å². The number of anilines is 1. The normalized spacial score (nSPS) is 10.6. The van der Waals surface area contributed by atoms with Gasteiger partial charge in [-0.25, -0.2) is 4.98 Å². The molecule has 0 saturated heterocycles. The Kier molecular flexibility index (Phi) is 4.86. The number of amides is 1. The van der Waals surface area contributed by atoms with Gasteiger partial charge in [0, 0.05) is 24.6 Å². The molecule has 24 heavy (non-hydrogen) atoms. The lowest BCUT2D eigenvalue weighted by atomic mass is 10.1. The molecule has 3 rings (SSSR count). The van der Waals surface area contributed by atoms with Gasteiger partial charge in [-0.05, 0) is 31.2 Å². The van der Waals surface area contributed by atoms with Crippen molar-refractivity contribution in [3.8, 4) is 11.5 Å². The summed E-state index contributed by atoms with van der Waals surface area (Å²) in [4.78, 5) is 15.9. The first kappa shape index (κ1) is 16.1. The van der Waals surface area contributed by atoms with Gasteiger partial charge in [0.05, 0.1) is 5.02 Å². The third kappa shape index (κ3) is 4.17. The topological polar surface area (TPSA) is 80.9 Å². The van der Waals surface area contributed by atoms with E-state index in [0.29, 0.717) is 29.0 Å². The molecule has 122 valence electrons. The van der Waals surface area contributed by atoms with E-state index in [1.54, 1.807) is 12.1 Å². The molecule has 0 aliphatic carbocycles. The first-order chi connectivity index (χ1) is 11.6. The second-order valence-corrected chi connectivity index (χ2v) is 5.71. The minimum Gasteiger partial charge on any atom is -0.421 e. The monoisotopic (exact) mass is 342 g/mol. The molecule has 2 heterocycles. The van der Waals surface area contributed by atoms with Crippen molar-refractivity contribution in [1.29, 1.82) is 0 Å². The number of nitrogens with one attached hydrogen (secondary N) is 1. The highest BCUT2D eigenvalue weighted by Gasteiger charge is 2.11. The van der Waals surface area contributed by atoms with E-state index in [4.69, 9.17) is 16.0 Å². The molecule has 0 bridgehead atoms. The van der Waals surface area contributed by atoms with Crippen molar-refractivity contribution >= 4 is 23.3 Å². The molecule has 3 aromatic rings. The fraction of sp³-hybridized carbons (Fsp3) is 0.176. The quantitative estimate of drug-likeness (QED) is 0.765. The van der Waals surface area contributed by atoms with Gasteiger partial charge in [-0.3, -0.25) is 4.79 Å². The number of benzene rings is 1. The molecule has 6 nitrogen and oxygen atoms in total. The van der Waals surface area contributed by atoms with Crippen LogP contribution < -0.4 is 5.32 Å². The predicted octanol–water partition coefficient (Wildman–Crippen LogP) is 3.66. The molecule has 1 N–H and O–H groups in total. The summed E-state index contributed by atoms with van der Waals surface area (Å²) < 4.78 is 5.59. The number of nitrogens with zero attached hydrogens (tertiary/aromatic N) is 3. The molecular formula is C17H15ClN4O2. The zero-order valence-corrected chi connectivity index (χ0v) is 13.7. The van der Waals surface area contributed by atoms with Crippen LogP contribution in [0.2, 0.25) is 5.02 Å². The Morgan fingerprint density at radius 3 is 2.67 bits per heavy atom. The van der Waals surface area contributed by atoms with Gasteiger partial charge in [0.25, 0.3) is 0 Å². The second-order valence-electron chi connectivity index (χ2n) is 5.28. The lowest BCUT2D eigenvalue weighted by molar-refractivity contribution is -0.116. The molecular weight excluding hydrogens is 328 g/mol. The minimum atomic E-state index is -0.181. The zero-order chi connectivity index (χ0) is 16.9. The van der Waals surface area contributed by atoms with Crippen LogP contribution in [0.3, 0.4) is 0 Å². The lowest BCUT2D eigenvalue weighted by Gasteiger charge is -2.02. The van der Waals surface area contributed by atoms with E-state index in [2.05, 4.69) is 20.5 Å². The molecule has 0 fully saturated rings. The summed E-state index contributed by atoms with van der Waals surface area (Å²) in [5, 5.41) is 11.2. The average molecular weight is 343 g/mol. The van der Waals surface area contributed by atoms with Gasteiger partial charge in [-0.2, -0.15) is 0 Å². The summed E-state index contributed by atoms with van der Waals surface area (Å²) in [6.45, 7) is 2.01. The molecule has 0 atom stereocenters. The highest BCUT2D eigenvalue weighted by Crippen LogP contribution is 2.18. The van der Waals surface area contributed by atoms with E-state index in [-0.39, 0.29) is 12.3 Å². The number of aryl methyl sites for hydroxylation is 2.